The highest BCUT2D eigenvalue weighted by atomic mass is 32.2. The maximum absolute atomic E-state index is 11.8. The fourth-order valence-corrected chi connectivity index (χ4v) is 3.59. The molecule has 0 radical (unpaired) electrons. The largest absolute Gasteiger partial charge is 0.481 e. The molecule has 2 amide bonds. The van der Waals surface area contributed by atoms with Gasteiger partial charge in [0.05, 0.1) is 5.41 Å². The van der Waals surface area contributed by atoms with Crippen LogP contribution in [0.2, 0.25) is 0 Å². The van der Waals surface area contributed by atoms with Gasteiger partial charge in [-0.2, -0.15) is 0 Å². The van der Waals surface area contributed by atoms with E-state index in [-0.39, 0.29) is 24.1 Å². The van der Waals surface area contributed by atoms with E-state index in [1.165, 1.54) is 11.8 Å². The van der Waals surface area contributed by atoms with Crippen LogP contribution in [0, 0.1) is 5.41 Å². The summed E-state index contributed by atoms with van der Waals surface area (Å²) in [7, 11) is 0. The molecule has 0 spiro atoms. The summed E-state index contributed by atoms with van der Waals surface area (Å²) in [6.45, 7) is 1.30. The molecular formula is C13H20N2O4S. The molecule has 0 aromatic carbocycles. The van der Waals surface area contributed by atoms with Crippen LogP contribution in [0.15, 0.2) is 0 Å². The summed E-state index contributed by atoms with van der Waals surface area (Å²) in [5.74, 6) is -0.216. The molecule has 2 fully saturated rings. The SMILES string of the molecule is O=C(CCN1CCSC1=O)NCC1(C(=O)O)CCCC1. The van der Waals surface area contributed by atoms with Crippen LogP contribution in [-0.2, 0) is 9.59 Å². The van der Waals surface area contributed by atoms with Crippen molar-refractivity contribution in [1.82, 2.24) is 10.2 Å². The van der Waals surface area contributed by atoms with Crippen LogP contribution < -0.4 is 5.32 Å². The summed E-state index contributed by atoms with van der Waals surface area (Å²) in [4.78, 5) is 36.2. The Morgan fingerprint density at radius 3 is 2.60 bits per heavy atom. The van der Waals surface area contributed by atoms with E-state index in [0.717, 1.165) is 18.6 Å². The van der Waals surface area contributed by atoms with Crippen LogP contribution in [0.5, 0.6) is 0 Å². The number of carboxylic acid groups (broad SMARTS) is 1. The van der Waals surface area contributed by atoms with E-state index in [1.807, 2.05) is 0 Å². The summed E-state index contributed by atoms with van der Waals surface area (Å²) >= 11 is 1.27. The lowest BCUT2D eigenvalue weighted by molar-refractivity contribution is -0.148. The summed E-state index contributed by atoms with van der Waals surface area (Å²) < 4.78 is 0. The molecule has 2 aliphatic rings. The highest BCUT2D eigenvalue weighted by Gasteiger charge is 2.41. The summed E-state index contributed by atoms with van der Waals surface area (Å²) in [6.07, 6.45) is 3.30. The van der Waals surface area contributed by atoms with Gasteiger partial charge in [-0.25, -0.2) is 0 Å². The van der Waals surface area contributed by atoms with E-state index in [1.54, 1.807) is 4.90 Å². The number of carbonyl (C=O) groups is 3. The second-order valence-corrected chi connectivity index (χ2v) is 6.47. The second-order valence-electron chi connectivity index (χ2n) is 5.42. The number of nitrogens with one attached hydrogen (secondary N) is 1. The number of hydrogen-bond donors (Lipinski definition) is 2. The van der Waals surface area contributed by atoms with Gasteiger partial charge < -0.3 is 15.3 Å². The number of carboxylic acids is 1. The molecule has 1 heterocycles. The molecule has 1 aliphatic carbocycles. The zero-order chi connectivity index (χ0) is 14.6. The third kappa shape index (κ3) is 3.45. The third-order valence-electron chi connectivity index (χ3n) is 4.09. The highest BCUT2D eigenvalue weighted by molar-refractivity contribution is 8.13. The Morgan fingerprint density at radius 2 is 2.05 bits per heavy atom. The molecule has 7 heteroatoms. The van der Waals surface area contributed by atoms with E-state index in [9.17, 15) is 19.5 Å². The molecule has 1 saturated carbocycles. The zero-order valence-electron chi connectivity index (χ0n) is 11.4. The third-order valence-corrected chi connectivity index (χ3v) is 4.98. The van der Waals surface area contributed by atoms with E-state index in [0.29, 0.717) is 25.9 Å². The predicted octanol–water partition coefficient (Wildman–Crippen LogP) is 1.31. The Kier molecular flexibility index (Phi) is 4.91. The van der Waals surface area contributed by atoms with Crippen molar-refractivity contribution in [2.75, 3.05) is 25.4 Å². The van der Waals surface area contributed by atoms with Crippen LogP contribution in [0.3, 0.4) is 0 Å². The number of hydrogen-bond acceptors (Lipinski definition) is 4. The van der Waals surface area contributed by atoms with Crippen LogP contribution in [0.4, 0.5) is 4.79 Å². The number of nitrogens with zero attached hydrogens (tertiary/aromatic N) is 1. The first-order valence-corrected chi connectivity index (χ1v) is 7.94. The van der Waals surface area contributed by atoms with Crippen molar-refractivity contribution in [3.8, 4) is 0 Å². The van der Waals surface area contributed by atoms with Gasteiger partial charge in [0.25, 0.3) is 5.24 Å². The zero-order valence-corrected chi connectivity index (χ0v) is 12.2. The van der Waals surface area contributed by atoms with Gasteiger partial charge in [-0.15, -0.1) is 0 Å². The Bertz CT molecular complexity index is 407. The quantitative estimate of drug-likeness (QED) is 0.772. The molecule has 0 atom stereocenters. The molecule has 0 bridgehead atoms. The number of rotatable bonds is 6. The van der Waals surface area contributed by atoms with Gasteiger partial charge in [-0.3, -0.25) is 14.4 Å². The Balaban J connectivity index is 1.74. The van der Waals surface area contributed by atoms with Crippen molar-refractivity contribution in [3.63, 3.8) is 0 Å². The minimum Gasteiger partial charge on any atom is -0.481 e. The van der Waals surface area contributed by atoms with Gasteiger partial charge in [0.1, 0.15) is 0 Å². The second kappa shape index (κ2) is 6.47. The van der Waals surface area contributed by atoms with E-state index >= 15 is 0 Å². The van der Waals surface area contributed by atoms with Crippen LogP contribution >= 0.6 is 11.8 Å². The van der Waals surface area contributed by atoms with Crippen LogP contribution in [-0.4, -0.2) is 52.5 Å². The van der Waals surface area contributed by atoms with Crippen LogP contribution in [0.1, 0.15) is 32.1 Å². The fourth-order valence-electron chi connectivity index (χ4n) is 2.74. The maximum atomic E-state index is 11.8. The molecule has 20 heavy (non-hydrogen) atoms. The van der Waals surface area contributed by atoms with Crippen molar-refractivity contribution < 1.29 is 19.5 Å². The normalized spacial score (nSPS) is 21.2. The first-order chi connectivity index (χ1) is 9.53. The number of thioether (sulfide) groups is 1. The van der Waals surface area contributed by atoms with Crippen molar-refractivity contribution in [3.05, 3.63) is 0 Å². The van der Waals surface area contributed by atoms with Crippen molar-refractivity contribution >= 4 is 28.9 Å². The van der Waals surface area contributed by atoms with Crippen molar-refractivity contribution in [2.45, 2.75) is 32.1 Å². The minimum atomic E-state index is -0.818. The van der Waals surface area contributed by atoms with Gasteiger partial charge in [0.15, 0.2) is 0 Å². The molecular weight excluding hydrogens is 280 g/mol. The lowest BCUT2D eigenvalue weighted by atomic mass is 9.86. The van der Waals surface area contributed by atoms with E-state index in [2.05, 4.69) is 5.32 Å². The Morgan fingerprint density at radius 1 is 1.35 bits per heavy atom. The molecule has 0 aromatic heterocycles. The van der Waals surface area contributed by atoms with Gasteiger partial charge >= 0.3 is 5.97 Å². The summed E-state index contributed by atoms with van der Waals surface area (Å²) in [5, 5.41) is 12.1. The average Bonchev–Trinajstić information content (AvgIpc) is 3.04. The first-order valence-electron chi connectivity index (χ1n) is 6.95. The molecule has 0 aromatic rings. The van der Waals surface area contributed by atoms with Gasteiger partial charge in [-0.1, -0.05) is 24.6 Å². The molecule has 1 aliphatic heterocycles. The average molecular weight is 300 g/mol. The number of amides is 2. The summed E-state index contributed by atoms with van der Waals surface area (Å²) in [6, 6.07) is 0. The predicted molar refractivity (Wildman–Crippen MR) is 75.6 cm³/mol. The molecule has 2 rings (SSSR count). The van der Waals surface area contributed by atoms with Gasteiger partial charge in [0, 0.05) is 31.8 Å². The van der Waals surface area contributed by atoms with E-state index < -0.39 is 11.4 Å². The lowest BCUT2D eigenvalue weighted by Gasteiger charge is -2.24. The maximum Gasteiger partial charge on any atom is 0.311 e. The van der Waals surface area contributed by atoms with Crippen molar-refractivity contribution in [2.24, 2.45) is 5.41 Å². The molecule has 0 unspecified atom stereocenters. The van der Waals surface area contributed by atoms with Gasteiger partial charge in [0.2, 0.25) is 5.91 Å². The standard InChI is InChI=1S/C13H20N2O4S/c16-10(3-6-15-7-8-20-12(15)19)14-9-13(11(17)18)4-1-2-5-13/h1-9H2,(H,14,16)(H,17,18). The van der Waals surface area contributed by atoms with E-state index in [4.69, 9.17) is 0 Å². The monoisotopic (exact) mass is 300 g/mol. The molecule has 2 N–H and O–H groups in total. The molecule has 6 nitrogen and oxygen atoms in total. The van der Waals surface area contributed by atoms with Crippen molar-refractivity contribution in [1.29, 1.82) is 0 Å². The van der Waals surface area contributed by atoms with Crippen LogP contribution in [0.25, 0.3) is 0 Å². The smallest absolute Gasteiger partial charge is 0.311 e. The summed E-state index contributed by atoms with van der Waals surface area (Å²) in [5.41, 5.74) is -0.783. The Labute approximate surface area is 122 Å². The lowest BCUT2D eigenvalue weighted by Crippen LogP contribution is -2.42. The minimum absolute atomic E-state index is 0.0237. The van der Waals surface area contributed by atoms with Gasteiger partial charge in [-0.05, 0) is 12.8 Å². The fraction of sp³-hybridized carbons (Fsp3) is 0.769. The first kappa shape index (κ1) is 15.2. The molecule has 112 valence electrons. The highest BCUT2D eigenvalue weighted by Crippen LogP contribution is 2.37. The Hall–Kier alpha value is -1.24. The number of aliphatic carboxylic acids is 1. The molecule has 1 saturated heterocycles. The number of carbonyl (C=O) groups excluding carboxylic acids is 2. The topological polar surface area (TPSA) is 86.7 Å².